The van der Waals surface area contributed by atoms with Gasteiger partial charge in [0, 0.05) is 25.1 Å². The summed E-state index contributed by atoms with van der Waals surface area (Å²) in [6, 6.07) is 8.10. The smallest absolute Gasteiger partial charge is 0.410 e. The predicted octanol–water partition coefficient (Wildman–Crippen LogP) is 2.59. The number of benzene rings is 1. The van der Waals surface area contributed by atoms with Crippen LogP contribution < -0.4 is 5.32 Å². The summed E-state index contributed by atoms with van der Waals surface area (Å²) in [6.45, 7) is 5.48. The maximum Gasteiger partial charge on any atom is 0.410 e. The molecule has 0 bridgehead atoms. The molecule has 0 saturated carbocycles. The van der Waals surface area contributed by atoms with E-state index in [0.717, 1.165) is 0 Å². The van der Waals surface area contributed by atoms with Crippen molar-refractivity contribution in [3.8, 4) is 0 Å². The number of para-hydroxylation sites is 1. The predicted molar refractivity (Wildman–Crippen MR) is 86.0 cm³/mol. The van der Waals surface area contributed by atoms with Crippen LogP contribution in [0.25, 0.3) is 0 Å². The molecule has 1 aliphatic rings. The highest BCUT2D eigenvalue weighted by molar-refractivity contribution is 6.00. The minimum atomic E-state index is -0.841. The summed E-state index contributed by atoms with van der Waals surface area (Å²) in [5.41, 5.74) is -0.0291. The van der Waals surface area contributed by atoms with Gasteiger partial charge in [-0.25, -0.2) is 4.79 Å². The maximum atomic E-state index is 12.5. The van der Waals surface area contributed by atoms with Crippen molar-refractivity contribution < 1.29 is 19.1 Å². The highest BCUT2D eigenvalue weighted by Gasteiger charge is 2.37. The quantitative estimate of drug-likeness (QED) is 0.909. The first-order chi connectivity index (χ1) is 10.8. The number of amides is 2. The van der Waals surface area contributed by atoms with E-state index >= 15 is 0 Å². The van der Waals surface area contributed by atoms with Gasteiger partial charge in [-0.1, -0.05) is 18.2 Å². The van der Waals surface area contributed by atoms with Crippen LogP contribution in [0.5, 0.6) is 0 Å². The Morgan fingerprint density at radius 1 is 1.22 bits per heavy atom. The average molecular weight is 318 g/mol. The zero-order valence-corrected chi connectivity index (χ0v) is 13.7. The van der Waals surface area contributed by atoms with Crippen LogP contribution in [0.15, 0.2) is 30.3 Å². The molecule has 2 amide bonds. The zero-order chi connectivity index (χ0) is 17.0. The lowest BCUT2D eigenvalue weighted by Gasteiger charge is -2.35. The maximum absolute atomic E-state index is 12.5. The molecule has 1 N–H and O–H groups in total. The minimum absolute atomic E-state index is 0.0118. The van der Waals surface area contributed by atoms with Crippen LogP contribution in [0.2, 0.25) is 0 Å². The van der Waals surface area contributed by atoms with Crippen LogP contribution in [0.3, 0.4) is 0 Å². The first-order valence-electron chi connectivity index (χ1n) is 7.63. The van der Waals surface area contributed by atoms with Crippen LogP contribution in [0.1, 0.15) is 33.6 Å². The number of hydrogen-bond donors (Lipinski definition) is 1. The SMILES string of the molecule is CC(C)(C)OC(=O)N1CCC(=O)C[C@H]1C(=O)Nc1ccccc1. The molecule has 0 aromatic heterocycles. The van der Waals surface area contributed by atoms with Gasteiger partial charge in [0.05, 0.1) is 0 Å². The van der Waals surface area contributed by atoms with Crippen LogP contribution in [-0.4, -0.2) is 40.9 Å². The fourth-order valence-electron chi connectivity index (χ4n) is 2.35. The molecule has 6 heteroatoms. The molecular weight excluding hydrogens is 296 g/mol. The Labute approximate surface area is 135 Å². The van der Waals surface area contributed by atoms with Gasteiger partial charge in [-0.15, -0.1) is 0 Å². The van der Waals surface area contributed by atoms with Gasteiger partial charge >= 0.3 is 6.09 Å². The molecule has 0 aliphatic carbocycles. The van der Waals surface area contributed by atoms with E-state index in [2.05, 4.69) is 5.32 Å². The monoisotopic (exact) mass is 318 g/mol. The molecule has 2 rings (SSSR count). The molecule has 6 nitrogen and oxygen atoms in total. The van der Waals surface area contributed by atoms with Gasteiger partial charge in [0.25, 0.3) is 0 Å². The number of carbonyl (C=O) groups is 3. The van der Waals surface area contributed by atoms with E-state index < -0.39 is 17.7 Å². The Morgan fingerprint density at radius 2 is 1.87 bits per heavy atom. The summed E-state index contributed by atoms with van der Waals surface area (Å²) in [5, 5.41) is 2.74. The number of Topliss-reactive ketones (excluding diaryl/α,β-unsaturated/α-hetero) is 1. The van der Waals surface area contributed by atoms with E-state index in [9.17, 15) is 14.4 Å². The molecule has 1 aromatic rings. The van der Waals surface area contributed by atoms with Crippen molar-refractivity contribution in [3.05, 3.63) is 30.3 Å². The lowest BCUT2D eigenvalue weighted by molar-refractivity contribution is -0.130. The molecule has 1 saturated heterocycles. The number of nitrogens with one attached hydrogen (secondary N) is 1. The number of piperidine rings is 1. The number of carbonyl (C=O) groups excluding carboxylic acids is 3. The third-order valence-corrected chi connectivity index (χ3v) is 3.40. The number of ketones is 1. The van der Waals surface area contributed by atoms with Crippen molar-refractivity contribution in [1.82, 2.24) is 4.90 Å². The molecule has 1 atom stereocenters. The summed E-state index contributed by atoms with van der Waals surface area (Å²) >= 11 is 0. The molecule has 0 spiro atoms. The average Bonchev–Trinajstić information content (AvgIpc) is 2.46. The molecule has 1 heterocycles. The number of anilines is 1. The van der Waals surface area contributed by atoms with Crippen LogP contribution in [0.4, 0.5) is 10.5 Å². The van der Waals surface area contributed by atoms with E-state index in [0.29, 0.717) is 5.69 Å². The van der Waals surface area contributed by atoms with Gasteiger partial charge < -0.3 is 10.1 Å². The van der Waals surface area contributed by atoms with Crippen molar-refractivity contribution >= 4 is 23.5 Å². The summed E-state index contributed by atoms with van der Waals surface area (Å²) < 4.78 is 5.34. The molecule has 1 aromatic carbocycles. The Hall–Kier alpha value is -2.37. The third kappa shape index (κ3) is 4.81. The number of ether oxygens (including phenoxy) is 1. The molecule has 1 aliphatic heterocycles. The highest BCUT2D eigenvalue weighted by Crippen LogP contribution is 2.20. The molecular formula is C17H22N2O4. The number of hydrogen-bond acceptors (Lipinski definition) is 4. The van der Waals surface area contributed by atoms with Crippen LogP contribution >= 0.6 is 0 Å². The summed E-state index contributed by atoms with van der Waals surface area (Å²) in [5.74, 6) is -0.409. The number of likely N-dealkylation sites (tertiary alicyclic amines) is 1. The minimum Gasteiger partial charge on any atom is -0.444 e. The fourth-order valence-corrected chi connectivity index (χ4v) is 2.35. The zero-order valence-electron chi connectivity index (χ0n) is 13.7. The van der Waals surface area contributed by atoms with Gasteiger partial charge in [0.2, 0.25) is 5.91 Å². The van der Waals surface area contributed by atoms with Crippen LogP contribution in [-0.2, 0) is 14.3 Å². The van der Waals surface area contributed by atoms with E-state index in [1.54, 1.807) is 45.0 Å². The second-order valence-electron chi connectivity index (χ2n) is 6.54. The lowest BCUT2D eigenvalue weighted by atomic mass is 10.0. The standard InChI is InChI=1S/C17H22N2O4/c1-17(2,3)23-16(22)19-10-9-13(20)11-14(19)15(21)18-12-7-5-4-6-8-12/h4-8,14H,9-11H2,1-3H3,(H,18,21)/t14-/m0/s1. The highest BCUT2D eigenvalue weighted by atomic mass is 16.6. The van der Waals surface area contributed by atoms with Crippen molar-refractivity contribution in [3.63, 3.8) is 0 Å². The molecule has 1 fully saturated rings. The molecule has 124 valence electrons. The van der Waals surface area contributed by atoms with E-state index in [4.69, 9.17) is 4.74 Å². The van der Waals surface area contributed by atoms with Gasteiger partial charge in [0.1, 0.15) is 17.4 Å². The summed E-state index contributed by atoms with van der Waals surface area (Å²) in [6.07, 6.45) is -0.315. The van der Waals surface area contributed by atoms with E-state index in [1.807, 2.05) is 6.07 Å². The Morgan fingerprint density at radius 3 is 2.48 bits per heavy atom. The van der Waals surface area contributed by atoms with Crippen molar-refractivity contribution in [2.24, 2.45) is 0 Å². The first-order valence-corrected chi connectivity index (χ1v) is 7.63. The Balaban J connectivity index is 2.12. The topological polar surface area (TPSA) is 75.7 Å². The van der Waals surface area contributed by atoms with Crippen molar-refractivity contribution in [2.75, 3.05) is 11.9 Å². The normalized spacial score (nSPS) is 18.5. The van der Waals surface area contributed by atoms with E-state index in [1.165, 1.54) is 4.90 Å². The first kappa shape index (κ1) is 17.0. The van der Waals surface area contributed by atoms with Crippen molar-refractivity contribution in [2.45, 2.75) is 45.3 Å². The van der Waals surface area contributed by atoms with Gasteiger partial charge in [-0.2, -0.15) is 0 Å². The van der Waals surface area contributed by atoms with E-state index in [-0.39, 0.29) is 31.1 Å². The second kappa shape index (κ2) is 6.81. The lowest BCUT2D eigenvalue weighted by Crippen LogP contribution is -2.53. The Bertz CT molecular complexity index is 592. The summed E-state index contributed by atoms with van der Waals surface area (Å²) in [4.78, 5) is 37.8. The third-order valence-electron chi connectivity index (χ3n) is 3.40. The number of nitrogens with zero attached hydrogens (tertiary/aromatic N) is 1. The van der Waals surface area contributed by atoms with Crippen molar-refractivity contribution in [1.29, 1.82) is 0 Å². The second-order valence-corrected chi connectivity index (χ2v) is 6.54. The van der Waals surface area contributed by atoms with Crippen LogP contribution in [0, 0.1) is 0 Å². The van der Waals surface area contributed by atoms with Gasteiger partial charge in [-0.3, -0.25) is 14.5 Å². The van der Waals surface area contributed by atoms with Gasteiger partial charge in [0.15, 0.2) is 0 Å². The number of rotatable bonds is 2. The largest absolute Gasteiger partial charge is 0.444 e. The molecule has 23 heavy (non-hydrogen) atoms. The molecule has 0 unspecified atom stereocenters. The molecule has 0 radical (unpaired) electrons. The summed E-state index contributed by atoms with van der Waals surface area (Å²) in [7, 11) is 0. The fraction of sp³-hybridized carbons (Fsp3) is 0.471. The Kier molecular flexibility index (Phi) is 5.03. The van der Waals surface area contributed by atoms with Gasteiger partial charge in [-0.05, 0) is 32.9 Å².